The lowest BCUT2D eigenvalue weighted by molar-refractivity contribution is -0.0226. The summed E-state index contributed by atoms with van der Waals surface area (Å²) in [6.45, 7) is 2.32. The lowest BCUT2D eigenvalue weighted by Gasteiger charge is -2.50. The second-order valence-corrected chi connectivity index (χ2v) is 8.86. The highest BCUT2D eigenvalue weighted by Gasteiger charge is 2.54. The third kappa shape index (κ3) is 2.26. The first-order valence-corrected chi connectivity index (χ1v) is 10.0. The predicted octanol–water partition coefficient (Wildman–Crippen LogP) is 4.67. The Hall–Kier alpha value is -1.87. The molecule has 0 unspecified atom stereocenters. The van der Waals surface area contributed by atoms with Gasteiger partial charge in [-0.3, -0.25) is 4.98 Å². The number of hydrogen-bond donors (Lipinski definition) is 2. The van der Waals surface area contributed by atoms with Gasteiger partial charge in [0.25, 0.3) is 0 Å². The summed E-state index contributed by atoms with van der Waals surface area (Å²) >= 11 is 0. The summed E-state index contributed by atoms with van der Waals surface area (Å²) in [6, 6.07) is 8.17. The van der Waals surface area contributed by atoms with Crippen LogP contribution in [0.5, 0.6) is 5.75 Å². The Kier molecular flexibility index (Phi) is 3.65. The first kappa shape index (κ1) is 16.3. The summed E-state index contributed by atoms with van der Waals surface area (Å²) in [4.78, 5) is 4.10. The molecule has 2 aromatic rings. The van der Waals surface area contributed by atoms with Crippen LogP contribution in [0, 0.1) is 17.3 Å². The van der Waals surface area contributed by atoms with Crippen LogP contribution in [0.25, 0.3) is 11.1 Å². The van der Waals surface area contributed by atoms with Crippen LogP contribution in [0.1, 0.15) is 56.1 Å². The molecule has 0 bridgehead atoms. The molecule has 26 heavy (non-hydrogen) atoms. The number of aryl methyl sites for hydroxylation is 1. The Balaban J connectivity index is 1.56. The van der Waals surface area contributed by atoms with E-state index in [4.69, 9.17) is 0 Å². The second-order valence-electron chi connectivity index (χ2n) is 8.86. The molecule has 1 aromatic heterocycles. The highest BCUT2D eigenvalue weighted by molar-refractivity contribution is 5.71. The Morgan fingerprint density at radius 2 is 1.88 bits per heavy atom. The average molecular weight is 349 g/mol. The predicted molar refractivity (Wildman–Crippen MR) is 102 cm³/mol. The number of aromatic nitrogens is 1. The first-order valence-electron chi connectivity index (χ1n) is 10.0. The lowest BCUT2D eigenvalue weighted by Crippen LogP contribution is -2.43. The molecule has 2 fully saturated rings. The highest BCUT2D eigenvalue weighted by Crippen LogP contribution is 2.61. The Morgan fingerprint density at radius 3 is 2.69 bits per heavy atom. The van der Waals surface area contributed by atoms with Gasteiger partial charge in [0.15, 0.2) is 0 Å². The smallest absolute Gasteiger partial charge is 0.123 e. The van der Waals surface area contributed by atoms with Crippen LogP contribution in [-0.4, -0.2) is 21.3 Å². The molecule has 3 aliphatic rings. The molecule has 136 valence electrons. The third-order valence-electron chi connectivity index (χ3n) is 7.78. The van der Waals surface area contributed by atoms with Crippen LogP contribution in [0.15, 0.2) is 36.7 Å². The Bertz CT molecular complexity index is 834. The van der Waals surface area contributed by atoms with Crippen molar-refractivity contribution in [1.29, 1.82) is 0 Å². The summed E-state index contributed by atoms with van der Waals surface area (Å²) in [5.74, 6) is 2.27. The summed E-state index contributed by atoms with van der Waals surface area (Å²) in [7, 11) is 0. The molecule has 3 heteroatoms. The molecule has 0 radical (unpaired) electrons. The van der Waals surface area contributed by atoms with Crippen LogP contribution in [0.4, 0.5) is 0 Å². The molecular weight excluding hydrogens is 322 g/mol. The molecule has 0 aliphatic heterocycles. The maximum absolute atomic E-state index is 10.6. The highest BCUT2D eigenvalue weighted by atomic mass is 16.3. The van der Waals surface area contributed by atoms with Crippen molar-refractivity contribution in [3.63, 3.8) is 0 Å². The molecular formula is C23H27NO2. The van der Waals surface area contributed by atoms with E-state index >= 15 is 0 Å². The zero-order valence-electron chi connectivity index (χ0n) is 15.4. The zero-order valence-corrected chi connectivity index (χ0v) is 15.4. The third-order valence-corrected chi connectivity index (χ3v) is 7.78. The van der Waals surface area contributed by atoms with Crippen LogP contribution < -0.4 is 0 Å². The monoisotopic (exact) mass is 349 g/mol. The summed E-state index contributed by atoms with van der Waals surface area (Å²) in [5.41, 5.74) is 4.83. The van der Waals surface area contributed by atoms with E-state index in [9.17, 15) is 10.2 Å². The van der Waals surface area contributed by atoms with Crippen molar-refractivity contribution in [1.82, 2.24) is 4.98 Å². The van der Waals surface area contributed by atoms with E-state index in [1.807, 2.05) is 18.2 Å². The van der Waals surface area contributed by atoms with Crippen LogP contribution >= 0.6 is 0 Å². The van der Waals surface area contributed by atoms with Crippen molar-refractivity contribution in [2.45, 2.75) is 57.5 Å². The van der Waals surface area contributed by atoms with Gasteiger partial charge < -0.3 is 10.2 Å². The van der Waals surface area contributed by atoms with Gasteiger partial charge in [0.1, 0.15) is 5.75 Å². The van der Waals surface area contributed by atoms with Crippen molar-refractivity contribution in [3.8, 4) is 16.9 Å². The van der Waals surface area contributed by atoms with E-state index in [-0.39, 0.29) is 11.5 Å². The van der Waals surface area contributed by atoms with Crippen molar-refractivity contribution in [3.05, 3.63) is 47.8 Å². The number of nitrogens with zero attached hydrogens (tertiary/aromatic N) is 1. The van der Waals surface area contributed by atoms with Gasteiger partial charge in [-0.15, -0.1) is 0 Å². The van der Waals surface area contributed by atoms with Gasteiger partial charge in [-0.05, 0) is 103 Å². The van der Waals surface area contributed by atoms with Crippen LogP contribution in [0.2, 0.25) is 0 Å². The molecule has 2 saturated carbocycles. The number of rotatable bonds is 1. The standard InChI is InChI=1S/C23H27NO2/c1-23-9-6-16-17(20(23)4-5-22(23)26)3-2-15-12-21(25)19(13-18(15)16)14-7-10-24-11-8-14/h7-8,10-13,16-17,20,22,25-26H,2-6,9H2,1H3/t16-,17+,20-,22-,23-/m0/s1. The molecule has 3 aliphatic carbocycles. The normalized spacial score (nSPS) is 35.5. The number of aliphatic hydroxyl groups excluding tert-OH is 1. The maximum Gasteiger partial charge on any atom is 0.123 e. The first-order chi connectivity index (χ1) is 12.6. The molecule has 0 spiro atoms. The molecule has 1 aromatic carbocycles. The van der Waals surface area contributed by atoms with Gasteiger partial charge in [-0.1, -0.05) is 6.92 Å². The van der Waals surface area contributed by atoms with Gasteiger partial charge >= 0.3 is 0 Å². The van der Waals surface area contributed by atoms with E-state index in [0.29, 0.717) is 23.5 Å². The number of benzene rings is 1. The van der Waals surface area contributed by atoms with E-state index in [2.05, 4.69) is 18.0 Å². The van der Waals surface area contributed by atoms with Gasteiger partial charge in [-0.2, -0.15) is 0 Å². The number of aliphatic hydroxyl groups is 1. The van der Waals surface area contributed by atoms with Gasteiger partial charge in [-0.25, -0.2) is 0 Å². The minimum atomic E-state index is -0.123. The molecule has 5 atom stereocenters. The molecule has 1 heterocycles. The summed E-state index contributed by atoms with van der Waals surface area (Å²) in [6.07, 6.45) is 10.1. The fourth-order valence-electron chi connectivity index (χ4n) is 6.34. The minimum absolute atomic E-state index is 0.115. The number of hydrogen-bond acceptors (Lipinski definition) is 3. The molecule has 0 saturated heterocycles. The zero-order chi connectivity index (χ0) is 17.9. The quantitative estimate of drug-likeness (QED) is 0.786. The van der Waals surface area contributed by atoms with Gasteiger partial charge in [0, 0.05) is 18.0 Å². The largest absolute Gasteiger partial charge is 0.507 e. The fraction of sp³-hybridized carbons (Fsp3) is 0.522. The Morgan fingerprint density at radius 1 is 1.08 bits per heavy atom. The topological polar surface area (TPSA) is 53.4 Å². The van der Waals surface area contributed by atoms with Crippen molar-refractivity contribution in [2.24, 2.45) is 17.3 Å². The van der Waals surface area contributed by atoms with Gasteiger partial charge in [0.2, 0.25) is 0 Å². The van der Waals surface area contributed by atoms with Crippen molar-refractivity contribution < 1.29 is 10.2 Å². The molecule has 5 rings (SSSR count). The van der Waals surface area contributed by atoms with Crippen LogP contribution in [-0.2, 0) is 6.42 Å². The van der Waals surface area contributed by atoms with E-state index in [1.165, 1.54) is 24.0 Å². The van der Waals surface area contributed by atoms with Crippen LogP contribution in [0.3, 0.4) is 0 Å². The van der Waals surface area contributed by atoms with Crippen molar-refractivity contribution in [2.75, 3.05) is 0 Å². The number of pyridine rings is 1. The fourth-order valence-corrected chi connectivity index (χ4v) is 6.34. The van der Waals surface area contributed by atoms with Crippen molar-refractivity contribution >= 4 is 0 Å². The second kappa shape index (κ2) is 5.82. The average Bonchev–Trinajstić information content (AvgIpc) is 2.96. The molecule has 2 N–H and O–H groups in total. The maximum atomic E-state index is 10.6. The summed E-state index contributed by atoms with van der Waals surface area (Å²) < 4.78 is 0. The number of aromatic hydroxyl groups is 1. The summed E-state index contributed by atoms with van der Waals surface area (Å²) in [5, 5.41) is 21.1. The number of phenolic OH excluding ortho intramolecular Hbond substituents is 1. The van der Waals surface area contributed by atoms with E-state index < -0.39 is 0 Å². The Labute approximate surface area is 155 Å². The number of fused-ring (bicyclic) bond motifs is 5. The van der Waals surface area contributed by atoms with E-state index in [0.717, 1.165) is 36.8 Å². The SMILES string of the molecule is C[C@]12CC[C@@H]3c4cc(-c5ccncc5)c(O)cc4CC[C@H]3[C@@H]1CC[C@@H]2O. The number of phenols is 1. The van der Waals surface area contributed by atoms with E-state index in [1.54, 1.807) is 12.4 Å². The van der Waals surface area contributed by atoms with Gasteiger partial charge in [0.05, 0.1) is 6.10 Å². The lowest BCUT2D eigenvalue weighted by atomic mass is 9.55. The molecule has 3 nitrogen and oxygen atoms in total. The molecule has 0 amide bonds. The minimum Gasteiger partial charge on any atom is -0.507 e.